The van der Waals surface area contributed by atoms with Crippen molar-refractivity contribution in [2.24, 2.45) is 11.8 Å². The summed E-state index contributed by atoms with van der Waals surface area (Å²) in [6.07, 6.45) is 0.307. The van der Waals surface area contributed by atoms with E-state index in [-0.39, 0.29) is 0 Å². The lowest BCUT2D eigenvalue weighted by molar-refractivity contribution is 0.0772. The van der Waals surface area contributed by atoms with Crippen molar-refractivity contribution >= 4 is 0 Å². The quantitative estimate of drug-likeness (QED) is 0.561. The van der Waals surface area contributed by atoms with Crippen LogP contribution in [-0.2, 0) is 0 Å². The summed E-state index contributed by atoms with van der Waals surface area (Å²) in [6, 6.07) is 0. The first-order valence-corrected chi connectivity index (χ1v) is 3.57. The average molecular weight is 131 g/mol. The second kappa shape index (κ2) is 2.65. The number of alkyl halides is 1. The molecule has 2 atom stereocenters. The summed E-state index contributed by atoms with van der Waals surface area (Å²) in [5, 5.41) is 2.70. The molecule has 0 bridgehead atoms. The molecule has 1 heterocycles. The smallest absolute Gasteiger partial charge is 0.155 e. The molecule has 1 saturated heterocycles. The maximum absolute atomic E-state index is 12.4. The highest BCUT2D eigenvalue weighted by atomic mass is 19.1. The second-order valence-corrected chi connectivity index (χ2v) is 3.20. The monoisotopic (exact) mass is 131 g/mol. The topological polar surface area (TPSA) is 12.0 Å². The van der Waals surface area contributed by atoms with Crippen LogP contribution >= 0.6 is 0 Å². The minimum absolute atomic E-state index is 0.296. The summed E-state index contributed by atoms with van der Waals surface area (Å²) in [5.74, 6) is 0.931. The molecule has 9 heavy (non-hydrogen) atoms. The Labute approximate surface area is 55.6 Å². The van der Waals surface area contributed by atoms with Gasteiger partial charge in [-0.25, -0.2) is 4.39 Å². The number of hydrogen-bond acceptors (Lipinski definition) is 1. The van der Waals surface area contributed by atoms with Crippen LogP contribution < -0.4 is 5.32 Å². The molecule has 0 radical (unpaired) electrons. The molecular weight excluding hydrogens is 117 g/mol. The molecule has 1 aliphatic heterocycles. The molecule has 2 unspecified atom stereocenters. The van der Waals surface area contributed by atoms with E-state index < -0.39 is 6.30 Å². The van der Waals surface area contributed by atoms with E-state index in [1.807, 2.05) is 0 Å². The van der Waals surface area contributed by atoms with Crippen molar-refractivity contribution in [3.05, 3.63) is 0 Å². The predicted octanol–water partition coefficient (Wildman–Crippen LogP) is 1.55. The number of halogens is 1. The van der Waals surface area contributed by atoms with Gasteiger partial charge in [0.25, 0.3) is 0 Å². The molecule has 1 rings (SSSR count). The van der Waals surface area contributed by atoms with Gasteiger partial charge in [-0.2, -0.15) is 0 Å². The van der Waals surface area contributed by atoms with Crippen molar-refractivity contribution in [2.75, 3.05) is 6.54 Å². The Morgan fingerprint density at radius 3 is 2.44 bits per heavy atom. The highest BCUT2D eigenvalue weighted by Gasteiger charge is 2.29. The Morgan fingerprint density at radius 1 is 1.67 bits per heavy atom. The molecule has 54 valence electrons. The van der Waals surface area contributed by atoms with Gasteiger partial charge in [-0.3, -0.25) is 5.32 Å². The van der Waals surface area contributed by atoms with E-state index in [0.717, 1.165) is 13.0 Å². The molecule has 0 saturated carbocycles. The summed E-state index contributed by atoms with van der Waals surface area (Å²) in [4.78, 5) is 0. The molecule has 2 heteroatoms. The van der Waals surface area contributed by atoms with Gasteiger partial charge < -0.3 is 0 Å². The van der Waals surface area contributed by atoms with Crippen LogP contribution in [0.1, 0.15) is 20.3 Å². The Balaban J connectivity index is 2.13. The van der Waals surface area contributed by atoms with E-state index in [1.54, 1.807) is 0 Å². The fourth-order valence-electron chi connectivity index (χ4n) is 1.18. The normalized spacial score (nSPS) is 34.7. The fraction of sp³-hybridized carbons (Fsp3) is 1.00. The van der Waals surface area contributed by atoms with Crippen LogP contribution in [-0.4, -0.2) is 12.8 Å². The Bertz CT molecular complexity index is 92.9. The van der Waals surface area contributed by atoms with E-state index in [9.17, 15) is 4.39 Å². The van der Waals surface area contributed by atoms with Crippen molar-refractivity contribution < 1.29 is 4.39 Å². The van der Waals surface area contributed by atoms with E-state index in [1.165, 1.54) is 0 Å². The third-order valence-corrected chi connectivity index (χ3v) is 1.76. The molecule has 0 aromatic rings. The highest BCUT2D eigenvalue weighted by molar-refractivity contribution is 4.80. The number of rotatable bonds is 2. The number of nitrogens with one attached hydrogen (secondary N) is 1. The molecule has 1 nitrogen and oxygen atoms in total. The van der Waals surface area contributed by atoms with Gasteiger partial charge in [0.1, 0.15) is 0 Å². The van der Waals surface area contributed by atoms with Crippen LogP contribution in [0.3, 0.4) is 0 Å². The summed E-state index contributed by atoms with van der Waals surface area (Å²) >= 11 is 0. The zero-order valence-corrected chi connectivity index (χ0v) is 6.02. The van der Waals surface area contributed by atoms with E-state index >= 15 is 0 Å². The van der Waals surface area contributed by atoms with Crippen LogP contribution in [0.15, 0.2) is 0 Å². The lowest BCUT2D eigenvalue weighted by Gasteiger charge is -2.32. The molecule has 0 amide bonds. The van der Waals surface area contributed by atoms with Crippen LogP contribution in [0.4, 0.5) is 4.39 Å². The SMILES string of the molecule is CC(C)CC1CNC1F. The second-order valence-electron chi connectivity index (χ2n) is 3.20. The van der Waals surface area contributed by atoms with Gasteiger partial charge in [0, 0.05) is 12.5 Å². The highest BCUT2D eigenvalue weighted by Crippen LogP contribution is 2.21. The fourth-order valence-corrected chi connectivity index (χ4v) is 1.18. The third-order valence-electron chi connectivity index (χ3n) is 1.76. The molecule has 1 fully saturated rings. The first-order chi connectivity index (χ1) is 4.20. The molecule has 0 aliphatic carbocycles. The molecule has 1 aliphatic rings. The summed E-state index contributed by atoms with van der Waals surface area (Å²) in [5.41, 5.74) is 0. The molecule has 0 aromatic heterocycles. The zero-order valence-electron chi connectivity index (χ0n) is 6.02. The van der Waals surface area contributed by atoms with Gasteiger partial charge in [0.2, 0.25) is 0 Å². The van der Waals surface area contributed by atoms with Crippen molar-refractivity contribution in [1.82, 2.24) is 5.32 Å². The van der Waals surface area contributed by atoms with Crippen molar-refractivity contribution in [1.29, 1.82) is 0 Å². The first-order valence-electron chi connectivity index (χ1n) is 3.57. The van der Waals surface area contributed by atoms with E-state index in [2.05, 4.69) is 19.2 Å². The first kappa shape index (κ1) is 7.00. The minimum Gasteiger partial charge on any atom is -0.287 e. The summed E-state index contributed by atoms with van der Waals surface area (Å²) < 4.78 is 12.4. The van der Waals surface area contributed by atoms with E-state index in [0.29, 0.717) is 11.8 Å². The Kier molecular flexibility index (Phi) is 2.06. The van der Waals surface area contributed by atoms with Crippen molar-refractivity contribution in [2.45, 2.75) is 26.6 Å². The lowest BCUT2D eigenvalue weighted by Crippen LogP contribution is -2.50. The standard InChI is InChI=1S/C7H14FN/c1-5(2)3-6-4-9-7(6)8/h5-7,9H,3-4H2,1-2H3. The zero-order chi connectivity index (χ0) is 6.85. The lowest BCUT2D eigenvalue weighted by atomic mass is 9.91. The van der Waals surface area contributed by atoms with Crippen LogP contribution in [0, 0.1) is 11.8 Å². The van der Waals surface area contributed by atoms with Crippen LogP contribution in [0.25, 0.3) is 0 Å². The molecule has 0 spiro atoms. The van der Waals surface area contributed by atoms with E-state index in [4.69, 9.17) is 0 Å². The summed E-state index contributed by atoms with van der Waals surface area (Å²) in [7, 11) is 0. The predicted molar refractivity (Wildman–Crippen MR) is 35.8 cm³/mol. The van der Waals surface area contributed by atoms with Gasteiger partial charge in [-0.05, 0) is 12.3 Å². The van der Waals surface area contributed by atoms with Crippen LogP contribution in [0.2, 0.25) is 0 Å². The Morgan fingerprint density at radius 2 is 2.33 bits per heavy atom. The Hall–Kier alpha value is -0.110. The molecule has 1 N–H and O–H groups in total. The van der Waals surface area contributed by atoms with Crippen molar-refractivity contribution in [3.8, 4) is 0 Å². The molecule has 0 aromatic carbocycles. The third kappa shape index (κ3) is 1.65. The maximum atomic E-state index is 12.4. The maximum Gasteiger partial charge on any atom is 0.155 e. The largest absolute Gasteiger partial charge is 0.287 e. The van der Waals surface area contributed by atoms with Gasteiger partial charge in [-0.15, -0.1) is 0 Å². The van der Waals surface area contributed by atoms with Gasteiger partial charge in [-0.1, -0.05) is 13.8 Å². The number of hydrogen-bond donors (Lipinski definition) is 1. The van der Waals surface area contributed by atoms with Gasteiger partial charge >= 0.3 is 0 Å². The average Bonchev–Trinajstić information content (AvgIpc) is 1.79. The minimum atomic E-state index is -0.715. The summed E-state index contributed by atoms with van der Waals surface area (Å²) in [6.45, 7) is 5.13. The van der Waals surface area contributed by atoms with Crippen LogP contribution in [0.5, 0.6) is 0 Å². The van der Waals surface area contributed by atoms with Gasteiger partial charge in [0.05, 0.1) is 0 Å². The van der Waals surface area contributed by atoms with Crippen molar-refractivity contribution in [3.63, 3.8) is 0 Å². The van der Waals surface area contributed by atoms with Gasteiger partial charge in [0.15, 0.2) is 6.30 Å². The molecular formula is C7H14FN.